The predicted molar refractivity (Wildman–Crippen MR) is 96.4 cm³/mol. The van der Waals surface area contributed by atoms with Crippen LogP contribution in [0.5, 0.6) is 0 Å². The van der Waals surface area contributed by atoms with E-state index >= 15 is 0 Å². The summed E-state index contributed by atoms with van der Waals surface area (Å²) in [6.45, 7) is 5.85. The second kappa shape index (κ2) is 6.43. The molecule has 1 aromatic heterocycles. The van der Waals surface area contributed by atoms with Crippen molar-refractivity contribution < 1.29 is 24.0 Å². The molecule has 1 N–H and O–H groups in total. The van der Waals surface area contributed by atoms with Gasteiger partial charge >= 0.3 is 6.09 Å². The van der Waals surface area contributed by atoms with Crippen LogP contribution in [0.3, 0.4) is 0 Å². The van der Waals surface area contributed by atoms with Gasteiger partial charge in [0.25, 0.3) is 0 Å². The number of amides is 2. The van der Waals surface area contributed by atoms with Gasteiger partial charge in [-0.25, -0.2) is 9.86 Å². The highest BCUT2D eigenvalue weighted by molar-refractivity contribution is 5.82. The van der Waals surface area contributed by atoms with Crippen LogP contribution in [0.15, 0.2) is 4.42 Å². The van der Waals surface area contributed by atoms with E-state index in [1.165, 1.54) is 4.90 Å². The molecule has 154 valence electrons. The molecule has 1 spiro atoms. The molecular weight excluding hydrogens is 364 g/mol. The van der Waals surface area contributed by atoms with Crippen molar-refractivity contribution in [3.63, 3.8) is 0 Å². The number of rotatable bonds is 4. The van der Waals surface area contributed by atoms with Crippen LogP contribution in [0.1, 0.15) is 64.2 Å². The molecular formula is C19H28N4O5. The summed E-state index contributed by atoms with van der Waals surface area (Å²) in [6, 6.07) is -0.0638. The highest BCUT2D eigenvalue weighted by Gasteiger charge is 2.64. The van der Waals surface area contributed by atoms with Crippen molar-refractivity contribution in [1.82, 2.24) is 20.2 Å². The molecule has 2 saturated carbocycles. The zero-order valence-electron chi connectivity index (χ0n) is 16.8. The van der Waals surface area contributed by atoms with Gasteiger partial charge in [0.05, 0.1) is 12.0 Å². The number of carbonyl (C=O) groups excluding carboxylic acids is 2. The number of ether oxygens (including phenoxy) is 1. The van der Waals surface area contributed by atoms with Gasteiger partial charge in [-0.3, -0.25) is 10.0 Å². The Labute approximate surface area is 164 Å². The Morgan fingerprint density at radius 2 is 2.07 bits per heavy atom. The summed E-state index contributed by atoms with van der Waals surface area (Å²) in [6.07, 6.45) is 3.50. The van der Waals surface area contributed by atoms with Crippen molar-refractivity contribution in [3.8, 4) is 0 Å². The van der Waals surface area contributed by atoms with Gasteiger partial charge in [0.2, 0.25) is 17.7 Å². The van der Waals surface area contributed by atoms with Crippen molar-refractivity contribution >= 4 is 12.0 Å². The van der Waals surface area contributed by atoms with Gasteiger partial charge in [0.15, 0.2) is 0 Å². The predicted octanol–water partition coefficient (Wildman–Crippen LogP) is 2.35. The maximum atomic E-state index is 12.4. The summed E-state index contributed by atoms with van der Waals surface area (Å²) in [7, 11) is 1.66. The van der Waals surface area contributed by atoms with Crippen LogP contribution in [0, 0.1) is 11.3 Å². The van der Waals surface area contributed by atoms with Gasteiger partial charge in [-0.1, -0.05) is 0 Å². The lowest BCUT2D eigenvalue weighted by atomic mass is 9.72. The number of hydrogen-bond acceptors (Lipinski definition) is 7. The summed E-state index contributed by atoms with van der Waals surface area (Å²) in [5.41, 5.74) is -0.539. The van der Waals surface area contributed by atoms with E-state index in [2.05, 4.69) is 10.2 Å². The molecule has 1 aromatic rings. The fourth-order valence-electron chi connectivity index (χ4n) is 4.50. The van der Waals surface area contributed by atoms with Crippen LogP contribution in [0.2, 0.25) is 0 Å². The maximum absolute atomic E-state index is 12.4. The number of likely N-dealkylation sites (N-methyl/N-ethyl adjacent to an activating group) is 1. The van der Waals surface area contributed by atoms with Crippen molar-refractivity contribution in [2.75, 3.05) is 13.6 Å². The van der Waals surface area contributed by atoms with E-state index in [0.717, 1.165) is 24.3 Å². The number of fused-ring (bicyclic) bond motifs is 3. The van der Waals surface area contributed by atoms with Gasteiger partial charge in [-0.05, 0) is 51.9 Å². The van der Waals surface area contributed by atoms with Gasteiger partial charge in [-0.15, -0.1) is 10.2 Å². The van der Waals surface area contributed by atoms with Gasteiger partial charge in [0, 0.05) is 25.9 Å². The fourth-order valence-corrected chi connectivity index (χ4v) is 4.50. The van der Waals surface area contributed by atoms with Crippen LogP contribution in [-0.4, -0.2) is 62.6 Å². The zero-order valence-corrected chi connectivity index (χ0v) is 16.8. The third-order valence-corrected chi connectivity index (χ3v) is 6.19. The second-order valence-corrected chi connectivity index (χ2v) is 9.40. The number of carbonyl (C=O) groups is 2. The summed E-state index contributed by atoms with van der Waals surface area (Å²) in [5.74, 6) is 0.229. The van der Waals surface area contributed by atoms with Crippen LogP contribution in [-0.2, 0) is 16.0 Å². The molecule has 1 unspecified atom stereocenters. The van der Waals surface area contributed by atoms with Crippen LogP contribution < -0.4 is 0 Å². The van der Waals surface area contributed by atoms with Crippen molar-refractivity contribution in [1.29, 1.82) is 0 Å². The quantitative estimate of drug-likeness (QED) is 0.783. The second-order valence-electron chi connectivity index (χ2n) is 9.40. The lowest BCUT2D eigenvalue weighted by molar-refractivity contribution is -0.170. The van der Waals surface area contributed by atoms with Crippen LogP contribution in [0.25, 0.3) is 0 Å². The maximum Gasteiger partial charge on any atom is 0.410 e. The Balaban J connectivity index is 1.40. The number of nitrogens with zero attached hydrogens (tertiary/aromatic N) is 4. The summed E-state index contributed by atoms with van der Waals surface area (Å²) >= 11 is 0. The lowest BCUT2D eigenvalue weighted by Crippen LogP contribution is -2.36. The van der Waals surface area contributed by atoms with Crippen LogP contribution in [0.4, 0.5) is 4.79 Å². The Hall–Kier alpha value is -2.16. The van der Waals surface area contributed by atoms with Crippen molar-refractivity contribution in [2.45, 2.75) is 70.4 Å². The van der Waals surface area contributed by atoms with E-state index < -0.39 is 11.7 Å². The third-order valence-electron chi connectivity index (χ3n) is 6.19. The third kappa shape index (κ3) is 3.36. The first kappa shape index (κ1) is 19.2. The molecule has 3 fully saturated rings. The Kier molecular flexibility index (Phi) is 4.41. The molecule has 3 atom stereocenters. The van der Waals surface area contributed by atoms with Gasteiger partial charge in [0.1, 0.15) is 5.60 Å². The topological polar surface area (TPSA) is 109 Å². The SMILES string of the molecule is CN(CCc1nnc([C@@H]2CC3(CC3)[C@@H]3CC2C(=O)N3O)o1)C(=O)OC(C)(C)C. The molecule has 2 amide bonds. The monoisotopic (exact) mass is 392 g/mol. The molecule has 3 aliphatic rings. The number of hydrogen-bond donors (Lipinski definition) is 1. The average molecular weight is 392 g/mol. The van der Waals surface area contributed by atoms with E-state index in [1.54, 1.807) is 7.05 Å². The largest absolute Gasteiger partial charge is 0.444 e. The highest BCUT2D eigenvalue weighted by atomic mass is 16.6. The number of aromatic nitrogens is 2. The molecule has 1 saturated heterocycles. The molecule has 9 nitrogen and oxygen atoms in total. The van der Waals surface area contributed by atoms with Gasteiger partial charge < -0.3 is 14.1 Å². The minimum Gasteiger partial charge on any atom is -0.444 e. The molecule has 2 aliphatic carbocycles. The van der Waals surface area contributed by atoms with Crippen molar-refractivity contribution in [3.05, 3.63) is 11.8 Å². The van der Waals surface area contributed by atoms with E-state index in [1.807, 2.05) is 20.8 Å². The van der Waals surface area contributed by atoms with E-state index in [4.69, 9.17) is 9.15 Å². The molecule has 2 heterocycles. The van der Waals surface area contributed by atoms with E-state index in [9.17, 15) is 14.8 Å². The first-order valence-corrected chi connectivity index (χ1v) is 9.88. The van der Waals surface area contributed by atoms with E-state index in [-0.39, 0.29) is 29.2 Å². The normalized spacial score (nSPS) is 28.0. The smallest absolute Gasteiger partial charge is 0.410 e. The van der Waals surface area contributed by atoms with Crippen molar-refractivity contribution in [2.24, 2.45) is 11.3 Å². The minimum absolute atomic E-state index is 0.00758. The molecule has 28 heavy (non-hydrogen) atoms. The summed E-state index contributed by atoms with van der Waals surface area (Å²) < 4.78 is 11.2. The minimum atomic E-state index is -0.547. The standard InChI is InChI=1S/C19H28N4O5/c1-18(2,3)28-17(25)22(4)8-5-14-20-21-15(27-14)12-10-19(6-7-19)13-9-11(12)16(24)23(13)26/h11-13,26H,5-10H2,1-4H3/t11?,12-,13+/m1/s1. The lowest BCUT2D eigenvalue weighted by Gasteiger charge is -2.32. The average Bonchev–Trinajstić information content (AvgIpc) is 3.12. The van der Waals surface area contributed by atoms with E-state index in [0.29, 0.717) is 31.2 Å². The zero-order chi connectivity index (χ0) is 20.3. The Morgan fingerprint density at radius 3 is 2.71 bits per heavy atom. The highest BCUT2D eigenvalue weighted by Crippen LogP contribution is 2.64. The Bertz CT molecular complexity index is 782. The molecule has 0 aromatic carbocycles. The Morgan fingerprint density at radius 1 is 1.36 bits per heavy atom. The molecule has 2 bridgehead atoms. The molecule has 9 heteroatoms. The van der Waals surface area contributed by atoms with Crippen LogP contribution >= 0.6 is 0 Å². The molecule has 1 aliphatic heterocycles. The molecule has 0 radical (unpaired) electrons. The molecule has 4 rings (SSSR count). The number of hydroxylamine groups is 2. The van der Waals surface area contributed by atoms with Gasteiger partial charge in [-0.2, -0.15) is 0 Å². The first-order chi connectivity index (χ1) is 13.1. The summed E-state index contributed by atoms with van der Waals surface area (Å²) in [4.78, 5) is 25.9. The first-order valence-electron chi connectivity index (χ1n) is 9.88. The fraction of sp³-hybridized carbons (Fsp3) is 0.789. The summed E-state index contributed by atoms with van der Waals surface area (Å²) in [5, 5.41) is 19.4.